The molecule has 1 aliphatic heterocycles. The fourth-order valence-electron chi connectivity index (χ4n) is 5.61. The maximum Gasteiger partial charge on any atom is 0.305 e. The van der Waals surface area contributed by atoms with E-state index in [1.165, 1.54) is 21.1 Å². The van der Waals surface area contributed by atoms with E-state index in [1.54, 1.807) is 20.0 Å². The molecule has 3 heterocycles. The number of likely N-dealkylation sites (N-methyl/N-ethyl adjacent to an activating group) is 1. The van der Waals surface area contributed by atoms with Crippen molar-refractivity contribution in [3.05, 3.63) is 44.4 Å². The summed E-state index contributed by atoms with van der Waals surface area (Å²) in [6, 6.07) is 4.48. The summed E-state index contributed by atoms with van der Waals surface area (Å²) in [6.45, 7) is 7.08. The maximum atomic E-state index is 13.7. The van der Waals surface area contributed by atoms with Gasteiger partial charge in [-0.1, -0.05) is 26.7 Å². The summed E-state index contributed by atoms with van der Waals surface area (Å²) in [5.41, 5.74) is 1.48. The Bertz CT molecular complexity index is 1750. The second-order valence-corrected chi connectivity index (χ2v) is 13.7. The topological polar surface area (TPSA) is 192 Å². The molecule has 264 valence electrons. The Morgan fingerprint density at radius 3 is 2.65 bits per heavy atom. The van der Waals surface area contributed by atoms with Gasteiger partial charge in [-0.15, -0.1) is 10.1 Å². The number of aromatic nitrogens is 4. The normalized spacial score (nSPS) is 14.6. The van der Waals surface area contributed by atoms with Crippen molar-refractivity contribution in [3.63, 3.8) is 0 Å². The summed E-state index contributed by atoms with van der Waals surface area (Å²) < 4.78 is 41.3. The van der Waals surface area contributed by atoms with Crippen LogP contribution in [0.4, 0.5) is 0 Å². The van der Waals surface area contributed by atoms with Crippen molar-refractivity contribution in [3.8, 4) is 17.1 Å². The van der Waals surface area contributed by atoms with Gasteiger partial charge >= 0.3 is 5.97 Å². The largest absolute Gasteiger partial charge is 0.493 e. The summed E-state index contributed by atoms with van der Waals surface area (Å²) in [4.78, 5) is 49.8. The van der Waals surface area contributed by atoms with Gasteiger partial charge in [-0.05, 0) is 57.9 Å². The summed E-state index contributed by atoms with van der Waals surface area (Å²) >= 11 is 0. The molecule has 0 aliphatic carbocycles. The number of benzene rings is 1. The average molecular weight is 692 g/mol. The number of nitrogens with one attached hydrogen (secondary N) is 1. The number of hydrogen-bond donors (Lipinski definition) is 1. The van der Waals surface area contributed by atoms with E-state index >= 15 is 0 Å². The van der Waals surface area contributed by atoms with Crippen LogP contribution in [0.5, 0.6) is 5.75 Å². The summed E-state index contributed by atoms with van der Waals surface area (Å²) in [7, 11) is -0.337. The van der Waals surface area contributed by atoms with E-state index in [-0.39, 0.29) is 54.4 Å². The number of esters is 1. The number of fused-ring (bicyclic) bond motifs is 1. The molecule has 0 saturated carbocycles. The number of aryl methyl sites for hydroxylation is 2. The van der Waals surface area contributed by atoms with E-state index in [4.69, 9.17) is 14.5 Å². The fourth-order valence-corrected chi connectivity index (χ4v) is 7.15. The summed E-state index contributed by atoms with van der Waals surface area (Å²) in [5.74, 6) is 0.239. The first-order chi connectivity index (χ1) is 22.9. The molecule has 2 aromatic heterocycles. The predicted molar refractivity (Wildman–Crippen MR) is 176 cm³/mol. The lowest BCUT2D eigenvalue weighted by molar-refractivity contribution is -0.768. The van der Waals surface area contributed by atoms with Gasteiger partial charge < -0.3 is 19.3 Å². The average Bonchev–Trinajstić information content (AvgIpc) is 3.33. The van der Waals surface area contributed by atoms with E-state index in [0.29, 0.717) is 73.3 Å². The number of sulfonamides is 1. The maximum absolute atomic E-state index is 13.7. The molecule has 3 aromatic rings. The lowest BCUT2D eigenvalue weighted by atomic mass is 10.1. The molecule has 0 amide bonds. The van der Waals surface area contributed by atoms with Crippen LogP contribution in [-0.2, 0) is 37.9 Å². The highest BCUT2D eigenvalue weighted by Gasteiger charge is 2.39. The zero-order chi connectivity index (χ0) is 35.0. The first-order valence-electron chi connectivity index (χ1n) is 16.3. The number of carbonyl (C=O) groups excluding carboxylic acids is 1. The highest BCUT2D eigenvalue weighted by Crippen LogP contribution is 2.33. The van der Waals surface area contributed by atoms with Crippen LogP contribution < -0.4 is 10.3 Å². The number of nitrogens with zero attached hydrogens (tertiary/aromatic N) is 6. The zero-order valence-corrected chi connectivity index (χ0v) is 29.0. The highest BCUT2D eigenvalue weighted by atomic mass is 32.2. The molecule has 16 nitrogen and oxygen atoms in total. The zero-order valence-electron chi connectivity index (χ0n) is 28.1. The Labute approximate surface area is 279 Å². The molecule has 1 saturated heterocycles. The molecule has 1 atom stereocenters. The lowest BCUT2D eigenvalue weighted by Crippen LogP contribution is -2.60. The van der Waals surface area contributed by atoms with Gasteiger partial charge in [-0.25, -0.2) is 13.4 Å². The van der Waals surface area contributed by atoms with E-state index < -0.39 is 21.2 Å². The van der Waals surface area contributed by atoms with Gasteiger partial charge in [0, 0.05) is 39.1 Å². The molecule has 1 aromatic carbocycles. The van der Waals surface area contributed by atoms with Crippen molar-refractivity contribution in [1.29, 1.82) is 0 Å². The Balaban J connectivity index is 1.35. The van der Waals surface area contributed by atoms with Crippen LogP contribution in [0.1, 0.15) is 65.0 Å². The Kier molecular flexibility index (Phi) is 12.5. The van der Waals surface area contributed by atoms with Crippen LogP contribution in [0.2, 0.25) is 0 Å². The monoisotopic (exact) mass is 691 g/mol. The van der Waals surface area contributed by atoms with Crippen molar-refractivity contribution >= 4 is 27.0 Å². The molecule has 0 radical (unpaired) electrons. The number of ether oxygens (including phenoxy) is 2. The van der Waals surface area contributed by atoms with Crippen LogP contribution in [0.15, 0.2) is 27.9 Å². The number of unbranched alkanes of at least 4 members (excludes halogenated alkanes) is 1. The van der Waals surface area contributed by atoms with Crippen molar-refractivity contribution in [2.45, 2.75) is 82.8 Å². The van der Waals surface area contributed by atoms with Crippen molar-refractivity contribution < 1.29 is 32.6 Å². The van der Waals surface area contributed by atoms with Crippen LogP contribution in [0, 0.1) is 10.1 Å². The first-order valence-corrected chi connectivity index (χ1v) is 17.7. The Hall–Kier alpha value is -4.09. The van der Waals surface area contributed by atoms with Crippen molar-refractivity contribution in [2.24, 2.45) is 7.05 Å². The van der Waals surface area contributed by atoms with Gasteiger partial charge in [-0.3, -0.25) is 19.2 Å². The van der Waals surface area contributed by atoms with E-state index in [1.807, 2.05) is 25.8 Å². The van der Waals surface area contributed by atoms with Gasteiger partial charge in [0.05, 0.1) is 22.8 Å². The van der Waals surface area contributed by atoms with Crippen LogP contribution in [-0.4, -0.2) is 100 Å². The molecule has 4 rings (SSSR count). The Morgan fingerprint density at radius 1 is 1.23 bits per heavy atom. The first kappa shape index (κ1) is 36.7. The molecule has 0 bridgehead atoms. The van der Waals surface area contributed by atoms with Crippen molar-refractivity contribution in [1.82, 2.24) is 29.0 Å². The fraction of sp³-hybridized carbons (Fsp3) is 0.613. The van der Waals surface area contributed by atoms with Gasteiger partial charge in [-0.2, -0.15) is 9.40 Å². The number of aromatic amines is 1. The summed E-state index contributed by atoms with van der Waals surface area (Å²) in [6.07, 6.45) is 3.34. The van der Waals surface area contributed by atoms with Crippen LogP contribution in [0.25, 0.3) is 22.4 Å². The third kappa shape index (κ3) is 8.68. The molecular weight excluding hydrogens is 646 g/mol. The SMILES string of the molecule is CCCc1nn(C)c2c(=O)[nH]c(-c3cc(S(=O)(=O)N4CC(N(C)CCOC(=O)CCCCC(CC)O[N+](=O)[O-])C4)ccc3OCC)nc12. The minimum atomic E-state index is -3.87. The number of carbonyl (C=O) groups is 1. The molecule has 1 unspecified atom stereocenters. The lowest BCUT2D eigenvalue weighted by Gasteiger charge is -2.42. The Morgan fingerprint density at radius 2 is 1.98 bits per heavy atom. The van der Waals surface area contributed by atoms with Crippen molar-refractivity contribution in [2.75, 3.05) is 39.9 Å². The molecule has 17 heteroatoms. The predicted octanol–water partition coefficient (Wildman–Crippen LogP) is 3.07. The number of hydrogen-bond acceptors (Lipinski definition) is 12. The third-order valence-electron chi connectivity index (χ3n) is 8.40. The van der Waals surface area contributed by atoms with Gasteiger partial charge in [0.2, 0.25) is 10.0 Å². The van der Waals surface area contributed by atoms with Gasteiger partial charge in [0.15, 0.2) is 5.52 Å². The molecule has 0 spiro atoms. The molecule has 48 heavy (non-hydrogen) atoms. The molecule has 1 N–H and O–H groups in total. The minimum absolute atomic E-state index is 0.0499. The summed E-state index contributed by atoms with van der Waals surface area (Å²) in [5, 5.41) is 14.2. The van der Waals surface area contributed by atoms with Crippen LogP contribution in [0.3, 0.4) is 0 Å². The number of rotatable bonds is 19. The highest BCUT2D eigenvalue weighted by molar-refractivity contribution is 7.89. The molecule has 1 fully saturated rings. The molecular formula is C31H45N7O9S. The van der Waals surface area contributed by atoms with Gasteiger partial charge in [0.1, 0.15) is 29.8 Å². The molecule has 1 aliphatic rings. The van der Waals surface area contributed by atoms with E-state index in [0.717, 1.165) is 6.42 Å². The second kappa shape index (κ2) is 16.3. The second-order valence-electron chi connectivity index (χ2n) is 11.8. The number of H-pyrrole nitrogens is 1. The van der Waals surface area contributed by atoms with E-state index in [2.05, 4.69) is 14.9 Å². The quantitative estimate of drug-likeness (QED) is 0.0838. The van der Waals surface area contributed by atoms with E-state index in [9.17, 15) is 28.1 Å². The smallest absolute Gasteiger partial charge is 0.305 e. The standard InChI is InChI=1S/C31H45N7O9S/c1-6-11-25-28-29(36(5)34-25)31(40)33-30(32-28)24-18-23(14-15-26(24)45-8-3)48(43,44)37-19-21(20-37)35(4)16-17-46-27(39)13-10-9-12-22(7-2)47-38(41)42/h14-15,18,21-22H,6-13,16-17,19-20H2,1-5H3,(H,32,33,40). The third-order valence-corrected chi connectivity index (χ3v) is 10.2. The minimum Gasteiger partial charge on any atom is -0.493 e. The van der Waals surface area contributed by atoms with Crippen LogP contribution >= 0.6 is 0 Å². The van der Waals surface area contributed by atoms with Gasteiger partial charge in [0.25, 0.3) is 10.6 Å².